The largest absolute Gasteiger partial charge is 0.497 e. The average Bonchev–Trinajstić information content (AvgIpc) is 3.12. The van der Waals surface area contributed by atoms with Gasteiger partial charge in [0.2, 0.25) is 15.9 Å². The molecule has 0 aliphatic carbocycles. The summed E-state index contributed by atoms with van der Waals surface area (Å²) in [5.74, 6) is 0.873. The van der Waals surface area contributed by atoms with Gasteiger partial charge in [-0.05, 0) is 43.9 Å². The van der Waals surface area contributed by atoms with E-state index in [9.17, 15) is 18.3 Å². The van der Waals surface area contributed by atoms with Crippen LogP contribution >= 0.6 is 0 Å². The number of sulfonamides is 1. The van der Waals surface area contributed by atoms with Gasteiger partial charge in [0.15, 0.2) is 0 Å². The monoisotopic (exact) mass is 477 g/mol. The van der Waals surface area contributed by atoms with Gasteiger partial charge in [-0.3, -0.25) is 4.79 Å². The predicted octanol–water partition coefficient (Wildman–Crippen LogP) is 2.55. The number of fused-ring (bicyclic) bond motifs is 4. The molecular weight excluding hydrogens is 442 g/mol. The standard InChI is InChI=1S/C24H35N3O5S/c1-5-7-21(29)27-16-24(10-12-26(13-11-24)33(30,31)6-2)22-18-9-8-17(32-4)14-19(18)25(3)23(22)20(27)15-28/h8-9,14,20,28H,5-7,10-13,15-16H2,1-4H3/t20-/m1/s1. The zero-order valence-electron chi connectivity index (χ0n) is 20.0. The van der Waals surface area contributed by atoms with Crippen LogP contribution in [0.1, 0.15) is 56.8 Å². The van der Waals surface area contributed by atoms with Crippen LogP contribution < -0.4 is 4.74 Å². The first-order valence-electron chi connectivity index (χ1n) is 11.8. The SMILES string of the molecule is CCCC(=O)N1CC2(CCN(S(=O)(=O)CC)CC2)c2c(n(C)c3cc(OC)ccc23)[C@H]1CO. The highest BCUT2D eigenvalue weighted by molar-refractivity contribution is 7.89. The molecule has 0 saturated carbocycles. The zero-order chi connectivity index (χ0) is 24.0. The number of carbonyl (C=O) groups excluding carboxylic acids is 1. The summed E-state index contributed by atoms with van der Waals surface area (Å²) in [6.07, 6.45) is 2.44. The Morgan fingerprint density at radius 2 is 1.94 bits per heavy atom. The van der Waals surface area contributed by atoms with Crippen molar-refractivity contribution in [1.29, 1.82) is 0 Å². The lowest BCUT2D eigenvalue weighted by molar-refractivity contribution is -0.137. The number of nitrogens with zero attached hydrogens (tertiary/aromatic N) is 3. The summed E-state index contributed by atoms with van der Waals surface area (Å²) >= 11 is 0. The summed E-state index contributed by atoms with van der Waals surface area (Å²) in [6.45, 7) is 4.86. The minimum atomic E-state index is -3.26. The van der Waals surface area contributed by atoms with Crippen molar-refractivity contribution in [2.24, 2.45) is 7.05 Å². The van der Waals surface area contributed by atoms with E-state index in [1.54, 1.807) is 18.3 Å². The maximum absolute atomic E-state index is 13.2. The van der Waals surface area contributed by atoms with Crippen molar-refractivity contribution in [1.82, 2.24) is 13.8 Å². The molecule has 33 heavy (non-hydrogen) atoms. The number of piperidine rings is 1. The lowest BCUT2D eigenvalue weighted by atomic mass is 9.68. The summed E-state index contributed by atoms with van der Waals surface area (Å²) < 4.78 is 34.2. The molecule has 2 aromatic rings. The van der Waals surface area contributed by atoms with Crippen LogP contribution in [0.25, 0.3) is 10.9 Å². The highest BCUT2D eigenvalue weighted by Crippen LogP contribution is 2.50. The fourth-order valence-electron chi connectivity index (χ4n) is 5.76. The van der Waals surface area contributed by atoms with Gasteiger partial charge in [-0.1, -0.05) is 6.92 Å². The third kappa shape index (κ3) is 3.84. The van der Waals surface area contributed by atoms with Gasteiger partial charge in [0, 0.05) is 55.7 Å². The lowest BCUT2D eigenvalue weighted by Gasteiger charge is -2.50. The molecular formula is C24H35N3O5S. The van der Waals surface area contributed by atoms with Crippen LogP contribution in [-0.2, 0) is 27.3 Å². The molecule has 1 aromatic carbocycles. The molecule has 8 nitrogen and oxygen atoms in total. The summed E-state index contributed by atoms with van der Waals surface area (Å²) in [7, 11) is 0.347. The topological polar surface area (TPSA) is 92.1 Å². The highest BCUT2D eigenvalue weighted by Gasteiger charge is 2.50. The number of aromatic nitrogens is 1. The van der Waals surface area contributed by atoms with E-state index in [1.807, 2.05) is 31.0 Å². The molecule has 1 N–H and O–H groups in total. The van der Waals surface area contributed by atoms with Crippen LogP contribution in [0, 0.1) is 0 Å². The number of rotatable bonds is 6. The quantitative estimate of drug-likeness (QED) is 0.690. The Kier molecular flexibility index (Phi) is 6.50. The number of hydrogen-bond acceptors (Lipinski definition) is 5. The van der Waals surface area contributed by atoms with Crippen molar-refractivity contribution in [3.05, 3.63) is 29.5 Å². The van der Waals surface area contributed by atoms with Crippen LogP contribution in [0.2, 0.25) is 0 Å². The first-order valence-corrected chi connectivity index (χ1v) is 13.4. The van der Waals surface area contributed by atoms with Gasteiger partial charge >= 0.3 is 0 Å². The molecule has 4 rings (SSSR count). The smallest absolute Gasteiger partial charge is 0.223 e. The highest BCUT2D eigenvalue weighted by atomic mass is 32.2. The number of ether oxygens (including phenoxy) is 1. The third-order valence-corrected chi connectivity index (χ3v) is 9.42. The van der Waals surface area contributed by atoms with Gasteiger partial charge in [-0.15, -0.1) is 0 Å². The Morgan fingerprint density at radius 3 is 2.52 bits per heavy atom. The second kappa shape index (κ2) is 8.92. The summed E-state index contributed by atoms with van der Waals surface area (Å²) in [4.78, 5) is 15.0. The number of aryl methyl sites for hydroxylation is 1. The van der Waals surface area contributed by atoms with E-state index < -0.39 is 16.1 Å². The normalized spacial score (nSPS) is 20.9. The van der Waals surface area contributed by atoms with Crippen molar-refractivity contribution in [2.45, 2.75) is 51.0 Å². The number of amides is 1. The molecule has 1 aromatic heterocycles. The van der Waals surface area contributed by atoms with Gasteiger partial charge in [0.25, 0.3) is 0 Å². The lowest BCUT2D eigenvalue weighted by Crippen LogP contribution is -2.56. The molecule has 9 heteroatoms. The number of methoxy groups -OCH3 is 1. The number of aliphatic hydroxyl groups is 1. The van der Waals surface area contributed by atoms with E-state index >= 15 is 0 Å². The number of aliphatic hydroxyl groups excluding tert-OH is 1. The molecule has 0 unspecified atom stereocenters. The van der Waals surface area contributed by atoms with E-state index in [1.165, 1.54) is 0 Å². The van der Waals surface area contributed by atoms with E-state index in [0.717, 1.165) is 34.3 Å². The van der Waals surface area contributed by atoms with E-state index in [2.05, 4.69) is 10.6 Å². The molecule has 1 amide bonds. The second-order valence-electron chi connectivity index (χ2n) is 9.25. The molecule has 1 spiro atoms. The Hall–Kier alpha value is -2.10. The van der Waals surface area contributed by atoms with Gasteiger partial charge in [0.05, 0.1) is 31.0 Å². The van der Waals surface area contributed by atoms with Crippen molar-refractivity contribution in [3.63, 3.8) is 0 Å². The summed E-state index contributed by atoms with van der Waals surface area (Å²) in [6, 6.07) is 5.56. The summed E-state index contributed by atoms with van der Waals surface area (Å²) in [5.41, 5.74) is 2.72. The Morgan fingerprint density at radius 1 is 1.24 bits per heavy atom. The van der Waals surface area contributed by atoms with Crippen LogP contribution in [0.5, 0.6) is 5.75 Å². The van der Waals surface area contributed by atoms with Crippen molar-refractivity contribution >= 4 is 26.8 Å². The van der Waals surface area contributed by atoms with E-state index in [-0.39, 0.29) is 23.7 Å². The van der Waals surface area contributed by atoms with Crippen LogP contribution in [0.4, 0.5) is 0 Å². The molecule has 1 fully saturated rings. The number of carbonyl (C=O) groups is 1. The van der Waals surface area contributed by atoms with Crippen molar-refractivity contribution < 1.29 is 23.1 Å². The second-order valence-corrected chi connectivity index (χ2v) is 11.5. The Bertz CT molecular complexity index is 1150. The maximum atomic E-state index is 13.2. The van der Waals surface area contributed by atoms with Gasteiger partial charge in [0.1, 0.15) is 5.75 Å². The molecule has 182 valence electrons. The molecule has 1 saturated heterocycles. The molecule has 1 atom stereocenters. The molecule has 3 heterocycles. The molecule has 0 bridgehead atoms. The van der Waals surface area contributed by atoms with Crippen LogP contribution in [-0.4, -0.2) is 72.3 Å². The average molecular weight is 478 g/mol. The number of benzene rings is 1. The van der Waals surface area contributed by atoms with Gasteiger partial charge in [-0.25, -0.2) is 12.7 Å². The molecule has 2 aliphatic rings. The van der Waals surface area contributed by atoms with Gasteiger partial charge in [-0.2, -0.15) is 0 Å². The summed E-state index contributed by atoms with van der Waals surface area (Å²) in [5, 5.41) is 11.5. The Balaban J connectivity index is 1.89. The first-order chi connectivity index (χ1) is 15.7. The molecule has 2 aliphatic heterocycles. The first kappa shape index (κ1) is 24.0. The Labute approximate surface area is 196 Å². The third-order valence-electron chi connectivity index (χ3n) is 7.54. The minimum Gasteiger partial charge on any atom is -0.497 e. The van der Waals surface area contributed by atoms with Crippen molar-refractivity contribution in [3.8, 4) is 5.75 Å². The van der Waals surface area contributed by atoms with E-state index in [4.69, 9.17) is 4.74 Å². The van der Waals surface area contributed by atoms with Gasteiger partial charge < -0.3 is 19.3 Å². The fourth-order valence-corrected chi connectivity index (χ4v) is 6.86. The molecule has 0 radical (unpaired) electrons. The van der Waals surface area contributed by atoms with E-state index in [0.29, 0.717) is 38.9 Å². The van der Waals surface area contributed by atoms with Crippen LogP contribution in [0.3, 0.4) is 0 Å². The predicted molar refractivity (Wildman–Crippen MR) is 128 cm³/mol. The van der Waals surface area contributed by atoms with Crippen LogP contribution in [0.15, 0.2) is 18.2 Å². The fraction of sp³-hybridized carbons (Fsp3) is 0.625. The minimum absolute atomic E-state index is 0.0352. The maximum Gasteiger partial charge on any atom is 0.223 e. The zero-order valence-corrected chi connectivity index (χ0v) is 20.8. The number of hydrogen-bond donors (Lipinski definition) is 1. The van der Waals surface area contributed by atoms with Crippen molar-refractivity contribution in [2.75, 3.05) is 39.1 Å².